The van der Waals surface area contributed by atoms with E-state index in [4.69, 9.17) is 1.37 Å². The molecule has 1 heteroatoms. The molecule has 1 saturated carbocycles. The molecule has 0 heterocycles. The van der Waals surface area contributed by atoms with Crippen LogP contribution in [0.1, 0.15) is 25.3 Å². The van der Waals surface area contributed by atoms with Crippen molar-refractivity contribution in [3.63, 3.8) is 0 Å². The molecule has 2 aromatic carbocycles. The Balaban J connectivity index is 1.71. The van der Waals surface area contributed by atoms with Gasteiger partial charge in [-0.1, -0.05) is 60.7 Å². The van der Waals surface area contributed by atoms with Gasteiger partial charge in [0.1, 0.15) is 0 Å². The van der Waals surface area contributed by atoms with Crippen LogP contribution >= 0.6 is 0 Å². The summed E-state index contributed by atoms with van der Waals surface area (Å²) in [4.78, 5) is 2.43. The van der Waals surface area contributed by atoms with Crippen molar-refractivity contribution in [2.45, 2.75) is 31.9 Å². The smallest absolute Gasteiger partial charge is 0.0283 e. The normalized spacial score (nSPS) is 22.8. The standard InChI is InChI=1S/C17H19N/c1-3-7-15(8-4-1)13-18(17-11-12-17)14-16-9-5-2-6-10-16/h1-10,17H,11-14H2/i11D/t11-,17+/m0/s1. The molecule has 0 amide bonds. The third kappa shape index (κ3) is 2.99. The lowest BCUT2D eigenvalue weighted by Gasteiger charge is -2.22. The second kappa shape index (κ2) is 5.36. The fourth-order valence-electron chi connectivity index (χ4n) is 2.29. The van der Waals surface area contributed by atoms with E-state index in [1.54, 1.807) is 0 Å². The summed E-state index contributed by atoms with van der Waals surface area (Å²) in [6, 6.07) is 21.5. The molecule has 0 radical (unpaired) electrons. The van der Waals surface area contributed by atoms with Gasteiger partial charge in [-0.2, -0.15) is 0 Å². The average Bonchev–Trinajstić information content (AvgIpc) is 3.18. The van der Waals surface area contributed by atoms with Crippen LogP contribution in [0.3, 0.4) is 0 Å². The SMILES string of the molecule is [2H][C@H]1C[C@@H]1N(Cc1ccccc1)Cc1ccccc1. The summed E-state index contributed by atoms with van der Waals surface area (Å²) in [5.41, 5.74) is 2.66. The maximum Gasteiger partial charge on any atom is 0.0283 e. The van der Waals surface area contributed by atoms with Gasteiger partial charge in [0.25, 0.3) is 0 Å². The summed E-state index contributed by atoms with van der Waals surface area (Å²) in [5.74, 6) is 0. The summed E-state index contributed by atoms with van der Waals surface area (Å²) >= 11 is 0. The Morgan fingerprint density at radius 2 is 1.33 bits per heavy atom. The molecule has 2 aromatic rings. The molecule has 3 rings (SSSR count). The predicted octanol–water partition coefficient (Wildman–Crippen LogP) is 3.85. The first-order chi connectivity index (χ1) is 9.33. The van der Waals surface area contributed by atoms with E-state index in [2.05, 4.69) is 65.6 Å². The summed E-state index contributed by atoms with van der Waals surface area (Å²) in [6.07, 6.45) is 1.12. The summed E-state index contributed by atoms with van der Waals surface area (Å²) in [7, 11) is 0. The molecule has 2 atom stereocenters. The summed E-state index contributed by atoms with van der Waals surface area (Å²) < 4.78 is 7.87. The van der Waals surface area contributed by atoms with E-state index in [9.17, 15) is 0 Å². The van der Waals surface area contributed by atoms with Gasteiger partial charge in [-0.25, -0.2) is 0 Å². The Morgan fingerprint density at radius 3 is 1.72 bits per heavy atom. The Morgan fingerprint density at radius 1 is 0.889 bits per heavy atom. The molecule has 1 aliphatic rings. The van der Waals surface area contributed by atoms with Crippen LogP contribution in [0.25, 0.3) is 0 Å². The third-order valence-electron chi connectivity index (χ3n) is 3.37. The zero-order valence-electron chi connectivity index (χ0n) is 11.5. The van der Waals surface area contributed by atoms with Gasteiger partial charge in [0.05, 0.1) is 0 Å². The van der Waals surface area contributed by atoms with Crippen LogP contribution < -0.4 is 0 Å². The van der Waals surface area contributed by atoms with Gasteiger partial charge in [-0.3, -0.25) is 4.90 Å². The molecule has 0 spiro atoms. The van der Waals surface area contributed by atoms with E-state index >= 15 is 0 Å². The van der Waals surface area contributed by atoms with Crippen LogP contribution in [0.2, 0.25) is 0 Å². The first-order valence-electron chi connectivity index (χ1n) is 7.15. The second-order valence-corrected chi connectivity index (χ2v) is 4.91. The fourth-order valence-corrected chi connectivity index (χ4v) is 2.29. The van der Waals surface area contributed by atoms with Gasteiger partial charge in [-0.15, -0.1) is 0 Å². The maximum absolute atomic E-state index is 7.87. The largest absolute Gasteiger partial charge is 0.292 e. The molecule has 0 aliphatic heterocycles. The molecule has 0 aromatic heterocycles. The fraction of sp³-hybridized carbons (Fsp3) is 0.294. The Hall–Kier alpha value is -1.60. The average molecular weight is 238 g/mol. The van der Waals surface area contributed by atoms with Gasteiger partial charge in [0.15, 0.2) is 0 Å². The number of rotatable bonds is 5. The van der Waals surface area contributed by atoms with E-state index in [1.165, 1.54) is 11.1 Å². The Labute approximate surface area is 110 Å². The molecule has 92 valence electrons. The molecule has 0 N–H and O–H groups in total. The minimum atomic E-state index is 0.104. The van der Waals surface area contributed by atoms with Gasteiger partial charge in [0.2, 0.25) is 0 Å². The quantitative estimate of drug-likeness (QED) is 0.764. The highest BCUT2D eigenvalue weighted by Gasteiger charge is 2.28. The van der Waals surface area contributed by atoms with Gasteiger partial charge in [0, 0.05) is 20.5 Å². The van der Waals surface area contributed by atoms with E-state index in [0.717, 1.165) is 19.5 Å². The van der Waals surface area contributed by atoms with Gasteiger partial charge >= 0.3 is 0 Å². The molecule has 1 nitrogen and oxygen atoms in total. The van der Waals surface area contributed by atoms with Crippen molar-refractivity contribution in [2.75, 3.05) is 0 Å². The van der Waals surface area contributed by atoms with Crippen LogP contribution in [0.15, 0.2) is 60.7 Å². The minimum Gasteiger partial charge on any atom is -0.292 e. The Bertz CT molecular complexity index is 470. The van der Waals surface area contributed by atoms with Crippen molar-refractivity contribution >= 4 is 0 Å². The highest BCUT2D eigenvalue weighted by atomic mass is 15.2. The molecule has 0 unspecified atom stereocenters. The van der Waals surface area contributed by atoms with E-state index < -0.39 is 0 Å². The first kappa shape index (κ1) is 10.3. The predicted molar refractivity (Wildman–Crippen MR) is 75.2 cm³/mol. The zero-order chi connectivity index (χ0) is 13.1. The van der Waals surface area contributed by atoms with Crippen molar-refractivity contribution in [1.82, 2.24) is 4.90 Å². The lowest BCUT2D eigenvalue weighted by Crippen LogP contribution is -2.24. The van der Waals surface area contributed by atoms with Crippen LogP contribution in [0, 0.1) is 0 Å². The molecule has 1 fully saturated rings. The molecule has 0 saturated heterocycles. The minimum absolute atomic E-state index is 0.104. The van der Waals surface area contributed by atoms with Crippen molar-refractivity contribution in [1.29, 1.82) is 0 Å². The number of benzene rings is 2. The highest BCUT2D eigenvalue weighted by molar-refractivity contribution is 5.17. The van der Waals surface area contributed by atoms with Crippen molar-refractivity contribution < 1.29 is 1.37 Å². The lowest BCUT2D eigenvalue weighted by atomic mass is 10.1. The number of hydrogen-bond acceptors (Lipinski definition) is 1. The molecule has 18 heavy (non-hydrogen) atoms. The van der Waals surface area contributed by atoms with E-state index in [-0.39, 0.29) is 6.40 Å². The lowest BCUT2D eigenvalue weighted by molar-refractivity contribution is 0.246. The van der Waals surface area contributed by atoms with Crippen LogP contribution in [0.5, 0.6) is 0 Å². The molecule has 0 bridgehead atoms. The van der Waals surface area contributed by atoms with Crippen LogP contribution in [0.4, 0.5) is 0 Å². The summed E-state index contributed by atoms with van der Waals surface area (Å²) in [6.45, 7) is 1.88. The second-order valence-electron chi connectivity index (χ2n) is 4.91. The third-order valence-corrected chi connectivity index (χ3v) is 3.37. The molecular formula is C17H19N. The maximum atomic E-state index is 7.87. The van der Waals surface area contributed by atoms with Gasteiger partial charge < -0.3 is 0 Å². The number of nitrogens with zero attached hydrogens (tertiary/aromatic N) is 1. The monoisotopic (exact) mass is 238 g/mol. The molecular weight excluding hydrogens is 218 g/mol. The number of hydrogen-bond donors (Lipinski definition) is 0. The van der Waals surface area contributed by atoms with E-state index in [1.807, 2.05) is 0 Å². The van der Waals surface area contributed by atoms with Crippen molar-refractivity contribution in [2.24, 2.45) is 0 Å². The topological polar surface area (TPSA) is 3.24 Å². The van der Waals surface area contributed by atoms with Crippen LogP contribution in [-0.2, 0) is 13.1 Å². The highest BCUT2D eigenvalue weighted by Crippen LogP contribution is 2.29. The molecule has 1 aliphatic carbocycles. The zero-order valence-corrected chi connectivity index (χ0v) is 10.5. The Kier molecular flexibility index (Phi) is 3.08. The van der Waals surface area contributed by atoms with Crippen molar-refractivity contribution in [3.05, 3.63) is 71.8 Å². The summed E-state index contributed by atoms with van der Waals surface area (Å²) in [5, 5.41) is 0. The van der Waals surface area contributed by atoms with Gasteiger partial charge in [-0.05, 0) is 23.9 Å². The van der Waals surface area contributed by atoms with Crippen molar-refractivity contribution in [3.8, 4) is 0 Å². The van der Waals surface area contributed by atoms with Crippen LogP contribution in [-0.4, -0.2) is 10.9 Å². The first-order valence-corrected chi connectivity index (χ1v) is 6.57. The van der Waals surface area contributed by atoms with E-state index in [0.29, 0.717) is 6.04 Å².